The van der Waals surface area contributed by atoms with Gasteiger partial charge in [-0.25, -0.2) is 14.4 Å². The number of rotatable bonds is 3. The number of piperazine rings is 1. The second kappa shape index (κ2) is 8.02. The van der Waals surface area contributed by atoms with E-state index in [0.717, 1.165) is 11.3 Å². The lowest BCUT2D eigenvalue weighted by Gasteiger charge is -2.35. The maximum Gasteiger partial charge on any atom is 0.246 e. The maximum absolute atomic E-state index is 15.9. The van der Waals surface area contributed by atoms with Crippen molar-refractivity contribution in [2.75, 3.05) is 31.1 Å². The first-order valence-electron chi connectivity index (χ1n) is 10.5. The van der Waals surface area contributed by atoms with E-state index in [1.165, 1.54) is 12.4 Å². The van der Waals surface area contributed by atoms with E-state index in [4.69, 9.17) is 11.6 Å². The number of halogens is 2. The molecule has 0 saturated carbocycles. The smallest absolute Gasteiger partial charge is 0.246 e. The number of H-pyrrole nitrogens is 1. The first-order chi connectivity index (χ1) is 15.5. The summed E-state index contributed by atoms with van der Waals surface area (Å²) in [6.45, 7) is 7.82. The summed E-state index contributed by atoms with van der Waals surface area (Å²) in [5, 5.41) is 7.98. The number of aromatic nitrogens is 4. The predicted molar refractivity (Wildman–Crippen MR) is 122 cm³/mol. The number of carbonyl (C=O) groups excluding carboxylic acids is 1. The number of carbonyl (C=O) groups is 1. The quantitative estimate of drug-likeness (QED) is 0.612. The van der Waals surface area contributed by atoms with Crippen LogP contribution in [-0.2, 0) is 4.79 Å². The molecular formula is C23H22ClFN6O. The zero-order valence-electron chi connectivity index (χ0n) is 17.6. The van der Waals surface area contributed by atoms with Gasteiger partial charge in [-0.1, -0.05) is 31.2 Å². The minimum absolute atomic E-state index is 0.0429. The Balaban J connectivity index is 1.56. The Morgan fingerprint density at radius 3 is 2.84 bits per heavy atom. The van der Waals surface area contributed by atoms with Crippen LogP contribution in [0, 0.1) is 11.7 Å². The van der Waals surface area contributed by atoms with Gasteiger partial charge in [0.05, 0.1) is 11.9 Å². The SMILES string of the molecule is C=CC(=O)N1CCN(c2ncnc3c(F)c([C@@H]4c5cn[nH]c5C=C[C@@H]4C)c(Cl)cc23)CC1. The van der Waals surface area contributed by atoms with Gasteiger partial charge in [-0.15, -0.1) is 0 Å². The summed E-state index contributed by atoms with van der Waals surface area (Å²) in [4.78, 5) is 24.3. The molecule has 5 rings (SSSR count). The monoisotopic (exact) mass is 452 g/mol. The van der Waals surface area contributed by atoms with Gasteiger partial charge < -0.3 is 9.80 Å². The molecule has 164 valence electrons. The van der Waals surface area contributed by atoms with Gasteiger partial charge in [-0.2, -0.15) is 5.10 Å². The average Bonchev–Trinajstić information content (AvgIpc) is 3.28. The van der Waals surface area contributed by atoms with Gasteiger partial charge in [-0.05, 0) is 24.1 Å². The Morgan fingerprint density at radius 1 is 1.31 bits per heavy atom. The highest BCUT2D eigenvalue weighted by Gasteiger charge is 2.32. The molecule has 1 aliphatic carbocycles. The number of amides is 1. The largest absolute Gasteiger partial charge is 0.352 e. The van der Waals surface area contributed by atoms with Crippen molar-refractivity contribution in [2.45, 2.75) is 12.8 Å². The van der Waals surface area contributed by atoms with Crippen LogP contribution in [0.1, 0.15) is 29.7 Å². The highest BCUT2D eigenvalue weighted by Crippen LogP contribution is 2.44. The third-order valence-corrected chi connectivity index (χ3v) is 6.65. The van der Waals surface area contributed by atoms with Gasteiger partial charge in [0.15, 0.2) is 5.82 Å². The lowest BCUT2D eigenvalue weighted by atomic mass is 9.78. The molecule has 2 atom stereocenters. The fraction of sp³-hybridized carbons (Fsp3) is 0.304. The van der Waals surface area contributed by atoms with Gasteiger partial charge >= 0.3 is 0 Å². The molecule has 9 heteroatoms. The number of nitrogens with zero attached hydrogens (tertiary/aromatic N) is 5. The molecule has 32 heavy (non-hydrogen) atoms. The lowest BCUT2D eigenvalue weighted by molar-refractivity contribution is -0.126. The number of nitrogens with one attached hydrogen (secondary N) is 1. The number of benzene rings is 1. The van der Waals surface area contributed by atoms with Crippen LogP contribution in [0.4, 0.5) is 10.2 Å². The van der Waals surface area contributed by atoms with Crippen LogP contribution >= 0.6 is 11.6 Å². The molecule has 1 amide bonds. The van der Waals surface area contributed by atoms with E-state index in [0.29, 0.717) is 48.0 Å². The first kappa shape index (κ1) is 20.6. The summed E-state index contributed by atoms with van der Waals surface area (Å²) in [6, 6.07) is 1.76. The summed E-state index contributed by atoms with van der Waals surface area (Å²) in [5.74, 6) is -0.131. The number of allylic oxidation sites excluding steroid dienone is 1. The minimum Gasteiger partial charge on any atom is -0.352 e. The van der Waals surface area contributed by atoms with E-state index >= 15 is 4.39 Å². The molecule has 0 unspecified atom stereocenters. The van der Waals surface area contributed by atoms with Crippen LogP contribution in [0.15, 0.2) is 37.3 Å². The van der Waals surface area contributed by atoms with Crippen LogP contribution < -0.4 is 4.90 Å². The zero-order chi connectivity index (χ0) is 22.4. The highest BCUT2D eigenvalue weighted by molar-refractivity contribution is 6.32. The molecule has 0 radical (unpaired) electrons. The fourth-order valence-corrected chi connectivity index (χ4v) is 4.99. The van der Waals surface area contributed by atoms with Crippen LogP contribution in [0.25, 0.3) is 17.0 Å². The summed E-state index contributed by atoms with van der Waals surface area (Å²) in [6.07, 6.45) is 8.43. The average molecular weight is 453 g/mol. The third kappa shape index (κ3) is 3.26. The fourth-order valence-electron chi connectivity index (χ4n) is 4.68. The van der Waals surface area contributed by atoms with Gasteiger partial charge in [0.25, 0.3) is 0 Å². The predicted octanol–water partition coefficient (Wildman–Crippen LogP) is 3.77. The Labute approximate surface area is 189 Å². The van der Waals surface area contributed by atoms with Gasteiger partial charge in [-0.3, -0.25) is 9.89 Å². The van der Waals surface area contributed by atoms with Crippen molar-refractivity contribution >= 4 is 40.3 Å². The lowest BCUT2D eigenvalue weighted by Crippen LogP contribution is -2.48. The van der Waals surface area contributed by atoms with E-state index in [-0.39, 0.29) is 23.3 Å². The second-order valence-electron chi connectivity index (χ2n) is 8.13. The highest BCUT2D eigenvalue weighted by atomic mass is 35.5. The molecule has 3 aromatic rings. The summed E-state index contributed by atoms with van der Waals surface area (Å²) < 4.78 is 15.9. The topological polar surface area (TPSA) is 78.0 Å². The number of hydrogen-bond acceptors (Lipinski definition) is 5. The first-order valence-corrected chi connectivity index (χ1v) is 10.9. The van der Waals surface area contributed by atoms with Gasteiger partial charge in [0.1, 0.15) is 17.7 Å². The van der Waals surface area contributed by atoms with Crippen LogP contribution in [0.2, 0.25) is 5.02 Å². The van der Waals surface area contributed by atoms with Crippen molar-refractivity contribution in [3.63, 3.8) is 0 Å². The van der Waals surface area contributed by atoms with Crippen molar-refractivity contribution in [1.82, 2.24) is 25.1 Å². The molecule has 1 fully saturated rings. The van der Waals surface area contributed by atoms with Crippen LogP contribution in [-0.4, -0.2) is 57.2 Å². The Bertz CT molecular complexity index is 1250. The number of anilines is 1. The van der Waals surface area contributed by atoms with Crippen molar-refractivity contribution < 1.29 is 9.18 Å². The van der Waals surface area contributed by atoms with Gasteiger partial charge in [0.2, 0.25) is 5.91 Å². The van der Waals surface area contributed by atoms with E-state index < -0.39 is 5.82 Å². The summed E-state index contributed by atoms with van der Waals surface area (Å²) in [5.41, 5.74) is 2.44. The Morgan fingerprint density at radius 2 is 2.09 bits per heavy atom. The molecule has 1 saturated heterocycles. The second-order valence-corrected chi connectivity index (χ2v) is 8.54. The molecule has 3 heterocycles. The maximum atomic E-state index is 15.9. The Kier molecular flexibility index (Phi) is 5.17. The van der Waals surface area contributed by atoms with E-state index in [2.05, 4.69) is 26.7 Å². The number of hydrogen-bond donors (Lipinski definition) is 1. The molecule has 1 aliphatic heterocycles. The summed E-state index contributed by atoms with van der Waals surface area (Å²) >= 11 is 6.70. The van der Waals surface area contributed by atoms with Gasteiger partial charge in [0, 0.05) is 53.6 Å². The van der Waals surface area contributed by atoms with Crippen molar-refractivity contribution in [2.24, 2.45) is 5.92 Å². The third-order valence-electron chi connectivity index (χ3n) is 6.34. The van der Waals surface area contributed by atoms with Crippen molar-refractivity contribution in [3.05, 3.63) is 65.0 Å². The van der Waals surface area contributed by atoms with Crippen LogP contribution in [0.3, 0.4) is 0 Å². The van der Waals surface area contributed by atoms with Crippen molar-refractivity contribution in [1.29, 1.82) is 0 Å². The molecule has 7 nitrogen and oxygen atoms in total. The molecule has 0 spiro atoms. The number of fused-ring (bicyclic) bond motifs is 2. The molecular weight excluding hydrogens is 431 g/mol. The van der Waals surface area contributed by atoms with E-state index in [1.807, 2.05) is 24.0 Å². The normalized spacial score (nSPS) is 20.5. The molecule has 1 aromatic carbocycles. The van der Waals surface area contributed by atoms with E-state index in [1.54, 1.807) is 17.2 Å². The standard InChI is InChI=1S/C23H22ClFN6O/c1-3-18(32)30-6-8-31(9-7-30)23-14-10-16(24)20(21(25)22(14)26-12-27-23)19-13(2)4-5-17-15(19)11-28-29-17/h3-5,10-13,19H,1,6-9H2,2H3,(H,28,29)/t13-,19-/m0/s1. The van der Waals surface area contributed by atoms with Crippen molar-refractivity contribution in [3.8, 4) is 0 Å². The minimum atomic E-state index is -0.434. The summed E-state index contributed by atoms with van der Waals surface area (Å²) in [7, 11) is 0. The molecule has 0 bridgehead atoms. The zero-order valence-corrected chi connectivity index (χ0v) is 18.3. The van der Waals surface area contributed by atoms with E-state index in [9.17, 15) is 4.79 Å². The molecule has 2 aromatic heterocycles. The van der Waals surface area contributed by atoms with Crippen LogP contribution in [0.5, 0.6) is 0 Å². The Hall–Kier alpha value is -3.26. The molecule has 2 aliphatic rings. The molecule has 1 N–H and O–H groups in total. The number of aromatic amines is 1.